The monoisotopic (exact) mass is 322 g/mol. The molecule has 5 heteroatoms. The van der Waals surface area contributed by atoms with Crippen molar-refractivity contribution < 1.29 is 0 Å². The van der Waals surface area contributed by atoms with Gasteiger partial charge in [-0.2, -0.15) is 0 Å². The molecular weight excluding hydrogens is 311 g/mol. The number of hydrogen-bond acceptors (Lipinski definition) is 3. The number of rotatable bonds is 4. The summed E-state index contributed by atoms with van der Waals surface area (Å²) in [6.45, 7) is 0.852. The Morgan fingerprint density at radius 3 is 2.60 bits per heavy atom. The van der Waals surface area contributed by atoms with Gasteiger partial charge in [0, 0.05) is 6.54 Å². The van der Waals surface area contributed by atoms with E-state index in [1.54, 1.807) is 17.4 Å². The first-order chi connectivity index (χ1) is 9.72. The summed E-state index contributed by atoms with van der Waals surface area (Å²) >= 11 is 13.6. The molecule has 0 spiro atoms. The zero-order chi connectivity index (χ0) is 13.9. The molecular formula is C15H12Cl2N2S. The predicted molar refractivity (Wildman–Crippen MR) is 88.3 cm³/mol. The molecule has 0 amide bonds. The van der Waals surface area contributed by atoms with Gasteiger partial charge >= 0.3 is 0 Å². The van der Waals surface area contributed by atoms with Crippen LogP contribution in [0.15, 0.2) is 42.5 Å². The van der Waals surface area contributed by atoms with E-state index in [-0.39, 0.29) is 0 Å². The molecule has 3 rings (SSSR count). The highest BCUT2D eigenvalue weighted by atomic mass is 35.5. The third-order valence-corrected chi connectivity index (χ3v) is 4.66. The maximum Gasteiger partial charge on any atom is 0.183 e. The van der Waals surface area contributed by atoms with Gasteiger partial charge in [0.2, 0.25) is 0 Å². The molecule has 0 fully saturated rings. The number of hydrogen-bond donors (Lipinski definition) is 1. The van der Waals surface area contributed by atoms with Crippen LogP contribution in [0.2, 0.25) is 10.0 Å². The Labute approximate surface area is 131 Å². The summed E-state index contributed by atoms with van der Waals surface area (Å²) < 4.78 is 1.04. The first kappa shape index (κ1) is 13.7. The lowest BCUT2D eigenvalue weighted by Gasteiger charge is -2.02. The average molecular weight is 323 g/mol. The quantitative estimate of drug-likeness (QED) is 0.708. The fraction of sp³-hybridized carbons (Fsp3) is 0.133. The largest absolute Gasteiger partial charge is 0.361 e. The van der Waals surface area contributed by atoms with Gasteiger partial charge in [-0.25, -0.2) is 4.98 Å². The van der Waals surface area contributed by atoms with Crippen molar-refractivity contribution in [2.24, 2.45) is 0 Å². The van der Waals surface area contributed by atoms with Gasteiger partial charge in [0.15, 0.2) is 5.13 Å². The van der Waals surface area contributed by atoms with E-state index in [9.17, 15) is 0 Å². The molecule has 3 aromatic rings. The molecule has 20 heavy (non-hydrogen) atoms. The topological polar surface area (TPSA) is 24.9 Å². The van der Waals surface area contributed by atoms with Gasteiger partial charge in [0.05, 0.1) is 20.3 Å². The molecule has 1 N–H and O–H groups in total. The number of benzene rings is 2. The van der Waals surface area contributed by atoms with E-state index in [0.29, 0.717) is 10.0 Å². The Morgan fingerprint density at radius 2 is 1.80 bits per heavy atom. The second-order valence-electron chi connectivity index (χ2n) is 4.42. The van der Waals surface area contributed by atoms with Crippen molar-refractivity contribution >= 4 is 49.9 Å². The van der Waals surface area contributed by atoms with Crippen LogP contribution < -0.4 is 5.32 Å². The summed E-state index contributed by atoms with van der Waals surface area (Å²) in [6, 6.07) is 14.0. The van der Waals surface area contributed by atoms with Gasteiger partial charge in [-0.05, 0) is 24.1 Å². The summed E-state index contributed by atoms with van der Waals surface area (Å²) in [4.78, 5) is 4.51. The minimum absolute atomic E-state index is 0.542. The second kappa shape index (κ2) is 6.00. The first-order valence-electron chi connectivity index (χ1n) is 6.26. The molecule has 0 bridgehead atoms. The maximum absolute atomic E-state index is 6.01. The normalized spacial score (nSPS) is 10.9. The lowest BCUT2D eigenvalue weighted by atomic mass is 10.2. The molecule has 0 saturated carbocycles. The molecule has 0 aliphatic rings. The third kappa shape index (κ3) is 3.06. The summed E-state index contributed by atoms with van der Waals surface area (Å²) in [5.41, 5.74) is 2.19. The van der Waals surface area contributed by atoms with E-state index >= 15 is 0 Å². The number of halogens is 2. The summed E-state index contributed by atoms with van der Waals surface area (Å²) in [7, 11) is 0. The molecule has 0 unspecified atom stereocenters. The lowest BCUT2D eigenvalue weighted by molar-refractivity contribution is 1.02. The van der Waals surface area contributed by atoms with Crippen molar-refractivity contribution in [1.29, 1.82) is 0 Å². The van der Waals surface area contributed by atoms with Crippen LogP contribution in [0.1, 0.15) is 5.56 Å². The van der Waals surface area contributed by atoms with Gasteiger partial charge < -0.3 is 5.32 Å². The van der Waals surface area contributed by atoms with Gasteiger partial charge in [0.1, 0.15) is 0 Å². The smallest absolute Gasteiger partial charge is 0.183 e. The molecule has 0 atom stereocenters. The van der Waals surface area contributed by atoms with Crippen LogP contribution in [0.4, 0.5) is 5.13 Å². The minimum atomic E-state index is 0.542. The molecule has 2 aromatic carbocycles. The molecule has 2 nitrogen and oxygen atoms in total. The Morgan fingerprint density at radius 1 is 1.05 bits per heavy atom. The number of fused-ring (bicyclic) bond motifs is 1. The maximum atomic E-state index is 6.01. The molecule has 1 heterocycles. The highest BCUT2D eigenvalue weighted by molar-refractivity contribution is 7.22. The van der Waals surface area contributed by atoms with Crippen LogP contribution in [0, 0.1) is 0 Å². The molecule has 0 saturated heterocycles. The van der Waals surface area contributed by atoms with Crippen LogP contribution in [0.3, 0.4) is 0 Å². The summed E-state index contributed by atoms with van der Waals surface area (Å²) in [6.07, 6.45) is 0.971. The summed E-state index contributed by atoms with van der Waals surface area (Å²) in [5.74, 6) is 0. The van der Waals surface area contributed by atoms with E-state index in [4.69, 9.17) is 23.2 Å². The SMILES string of the molecule is Clc1cc2nc(NCCc3ccccc3)sc2cc1Cl. The fourth-order valence-corrected chi connectivity index (χ4v) is 3.26. The van der Waals surface area contributed by atoms with Gasteiger partial charge in [-0.1, -0.05) is 64.9 Å². The molecule has 0 aliphatic carbocycles. The van der Waals surface area contributed by atoms with Crippen molar-refractivity contribution in [1.82, 2.24) is 4.98 Å². The highest BCUT2D eigenvalue weighted by Gasteiger charge is 2.07. The zero-order valence-electron chi connectivity index (χ0n) is 10.6. The van der Waals surface area contributed by atoms with Crippen molar-refractivity contribution in [2.45, 2.75) is 6.42 Å². The van der Waals surface area contributed by atoms with E-state index in [2.05, 4.69) is 34.6 Å². The highest BCUT2D eigenvalue weighted by Crippen LogP contribution is 2.32. The Bertz CT molecular complexity index is 686. The lowest BCUT2D eigenvalue weighted by Crippen LogP contribution is -2.04. The Hall–Kier alpha value is -1.29. The van der Waals surface area contributed by atoms with Crippen molar-refractivity contribution in [3.05, 3.63) is 58.1 Å². The van der Waals surface area contributed by atoms with E-state index < -0.39 is 0 Å². The fourth-order valence-electron chi connectivity index (χ4n) is 1.96. The number of aromatic nitrogens is 1. The van der Waals surface area contributed by atoms with Crippen LogP contribution >= 0.6 is 34.5 Å². The molecule has 0 aliphatic heterocycles. The Balaban J connectivity index is 1.69. The number of nitrogens with zero attached hydrogens (tertiary/aromatic N) is 1. The van der Waals surface area contributed by atoms with E-state index in [1.807, 2.05) is 12.1 Å². The number of thiazole rings is 1. The Kier molecular flexibility index (Phi) is 4.10. The standard InChI is InChI=1S/C15H12Cl2N2S/c16-11-8-13-14(9-12(11)17)20-15(19-13)18-7-6-10-4-2-1-3-5-10/h1-5,8-9H,6-7H2,(H,18,19). The van der Waals surface area contributed by atoms with Gasteiger partial charge in [-0.3, -0.25) is 0 Å². The molecule has 0 radical (unpaired) electrons. The van der Waals surface area contributed by atoms with Crippen molar-refractivity contribution in [3.8, 4) is 0 Å². The minimum Gasteiger partial charge on any atom is -0.361 e. The van der Waals surface area contributed by atoms with Gasteiger partial charge in [-0.15, -0.1) is 0 Å². The van der Waals surface area contributed by atoms with E-state index in [1.165, 1.54) is 5.56 Å². The number of nitrogens with one attached hydrogen (secondary N) is 1. The van der Waals surface area contributed by atoms with Crippen LogP contribution in [0.25, 0.3) is 10.2 Å². The van der Waals surface area contributed by atoms with Crippen LogP contribution in [0.5, 0.6) is 0 Å². The summed E-state index contributed by atoms with van der Waals surface area (Å²) in [5, 5.41) is 5.35. The van der Waals surface area contributed by atoms with E-state index in [0.717, 1.165) is 28.3 Å². The number of anilines is 1. The third-order valence-electron chi connectivity index (χ3n) is 2.96. The van der Waals surface area contributed by atoms with Gasteiger partial charge in [0.25, 0.3) is 0 Å². The average Bonchev–Trinajstić information content (AvgIpc) is 2.82. The van der Waals surface area contributed by atoms with Crippen LogP contribution in [-0.2, 0) is 6.42 Å². The first-order valence-corrected chi connectivity index (χ1v) is 7.83. The predicted octanol–water partition coefficient (Wildman–Crippen LogP) is 5.26. The van der Waals surface area contributed by atoms with Crippen LogP contribution in [-0.4, -0.2) is 11.5 Å². The van der Waals surface area contributed by atoms with Crippen molar-refractivity contribution in [3.63, 3.8) is 0 Å². The van der Waals surface area contributed by atoms with Crippen molar-refractivity contribution in [2.75, 3.05) is 11.9 Å². The zero-order valence-corrected chi connectivity index (χ0v) is 12.9. The molecule has 102 valence electrons. The second-order valence-corrected chi connectivity index (χ2v) is 6.26. The molecule has 1 aromatic heterocycles.